The Balaban J connectivity index is 1.90. The Morgan fingerprint density at radius 3 is 2.54 bits per heavy atom. The lowest BCUT2D eigenvalue weighted by atomic mass is 10.1. The van der Waals surface area contributed by atoms with Gasteiger partial charge in [0.2, 0.25) is 0 Å². The number of methoxy groups -OCH3 is 1. The van der Waals surface area contributed by atoms with Gasteiger partial charge < -0.3 is 9.64 Å². The molecule has 0 radical (unpaired) electrons. The highest BCUT2D eigenvalue weighted by atomic mass is 16.5. The molecule has 0 bridgehead atoms. The fourth-order valence-electron chi connectivity index (χ4n) is 2.76. The van der Waals surface area contributed by atoms with Crippen molar-refractivity contribution in [2.24, 2.45) is 0 Å². The van der Waals surface area contributed by atoms with Crippen molar-refractivity contribution in [3.05, 3.63) is 71.9 Å². The van der Waals surface area contributed by atoms with Crippen molar-refractivity contribution < 1.29 is 9.53 Å². The van der Waals surface area contributed by atoms with Crippen molar-refractivity contribution in [1.29, 1.82) is 0 Å². The summed E-state index contributed by atoms with van der Waals surface area (Å²) in [5.74, 6) is 0.662. The molecule has 122 valence electrons. The first kappa shape index (κ1) is 16.0. The second-order valence-corrected chi connectivity index (χ2v) is 5.72. The summed E-state index contributed by atoms with van der Waals surface area (Å²) < 4.78 is 5.41. The molecule has 4 heteroatoms. The number of carbonyl (C=O) groups is 1. The highest BCUT2D eigenvalue weighted by Gasteiger charge is 2.22. The molecule has 0 aliphatic rings. The minimum atomic E-state index is -0.123. The zero-order valence-corrected chi connectivity index (χ0v) is 14.1. The van der Waals surface area contributed by atoms with E-state index in [0.29, 0.717) is 5.69 Å². The summed E-state index contributed by atoms with van der Waals surface area (Å²) in [5.41, 5.74) is 2.23. The number of hydrogen-bond donors (Lipinski definition) is 0. The van der Waals surface area contributed by atoms with Crippen LogP contribution in [0.15, 0.2) is 60.7 Å². The summed E-state index contributed by atoms with van der Waals surface area (Å²) >= 11 is 0. The molecule has 1 amide bonds. The molecule has 1 atom stereocenters. The third-order valence-corrected chi connectivity index (χ3v) is 4.31. The van der Waals surface area contributed by atoms with Crippen LogP contribution in [-0.4, -0.2) is 29.9 Å². The molecule has 0 fully saturated rings. The largest absolute Gasteiger partial charge is 0.496 e. The van der Waals surface area contributed by atoms with Gasteiger partial charge in [-0.2, -0.15) is 0 Å². The van der Waals surface area contributed by atoms with Gasteiger partial charge >= 0.3 is 0 Å². The number of hydrogen-bond acceptors (Lipinski definition) is 3. The van der Waals surface area contributed by atoms with Crippen LogP contribution >= 0.6 is 0 Å². The summed E-state index contributed by atoms with van der Waals surface area (Å²) in [6.07, 6.45) is 0. The summed E-state index contributed by atoms with van der Waals surface area (Å²) in [7, 11) is 3.43. The van der Waals surface area contributed by atoms with Gasteiger partial charge in [-0.15, -0.1) is 0 Å². The Hall–Kier alpha value is -2.88. The second-order valence-electron chi connectivity index (χ2n) is 5.72. The molecule has 3 aromatic rings. The van der Waals surface area contributed by atoms with Crippen molar-refractivity contribution in [2.75, 3.05) is 14.2 Å². The first-order chi connectivity index (χ1) is 11.6. The van der Waals surface area contributed by atoms with Crippen LogP contribution in [0.25, 0.3) is 10.9 Å². The predicted molar refractivity (Wildman–Crippen MR) is 95.2 cm³/mol. The highest BCUT2D eigenvalue weighted by molar-refractivity contribution is 5.95. The van der Waals surface area contributed by atoms with Gasteiger partial charge in [0.25, 0.3) is 5.91 Å². The topological polar surface area (TPSA) is 42.4 Å². The molecule has 4 nitrogen and oxygen atoms in total. The summed E-state index contributed by atoms with van der Waals surface area (Å²) in [5, 5.41) is 1.02. The van der Waals surface area contributed by atoms with Crippen LogP contribution in [0.1, 0.15) is 29.0 Å². The van der Waals surface area contributed by atoms with Crippen molar-refractivity contribution >= 4 is 16.8 Å². The Kier molecular flexibility index (Phi) is 4.47. The molecule has 0 N–H and O–H groups in total. The van der Waals surface area contributed by atoms with E-state index >= 15 is 0 Å². The van der Waals surface area contributed by atoms with Crippen molar-refractivity contribution in [2.45, 2.75) is 13.0 Å². The fourth-order valence-corrected chi connectivity index (χ4v) is 2.76. The van der Waals surface area contributed by atoms with Crippen LogP contribution in [-0.2, 0) is 0 Å². The average Bonchev–Trinajstić information content (AvgIpc) is 2.65. The van der Waals surface area contributed by atoms with Crippen LogP contribution in [0.3, 0.4) is 0 Å². The summed E-state index contributed by atoms with van der Waals surface area (Å²) in [6, 6.07) is 19.1. The number of aromatic nitrogens is 1. The quantitative estimate of drug-likeness (QED) is 0.727. The number of pyridine rings is 1. The maximum absolute atomic E-state index is 12.8. The third kappa shape index (κ3) is 2.95. The molecule has 1 aromatic heterocycles. The Morgan fingerprint density at radius 1 is 1.04 bits per heavy atom. The van der Waals surface area contributed by atoms with Crippen LogP contribution in [0.2, 0.25) is 0 Å². The number of ether oxygens (including phenoxy) is 1. The average molecular weight is 320 g/mol. The van der Waals surface area contributed by atoms with E-state index in [0.717, 1.165) is 22.2 Å². The van der Waals surface area contributed by atoms with E-state index in [1.807, 2.05) is 61.5 Å². The van der Waals surface area contributed by atoms with Crippen molar-refractivity contribution in [3.63, 3.8) is 0 Å². The second kappa shape index (κ2) is 6.71. The number of carbonyl (C=O) groups excluding carboxylic acids is 1. The third-order valence-electron chi connectivity index (χ3n) is 4.31. The van der Waals surface area contributed by atoms with Gasteiger partial charge in [-0.3, -0.25) is 4.79 Å². The lowest BCUT2D eigenvalue weighted by Crippen LogP contribution is -2.30. The molecule has 0 aliphatic heterocycles. The smallest absolute Gasteiger partial charge is 0.272 e. The molecule has 3 rings (SSSR count). The molecule has 0 saturated carbocycles. The minimum absolute atomic E-state index is 0.112. The number of amides is 1. The van der Waals surface area contributed by atoms with E-state index < -0.39 is 0 Å². The van der Waals surface area contributed by atoms with Gasteiger partial charge in [0.15, 0.2) is 0 Å². The molecule has 0 aliphatic carbocycles. The molecule has 2 aromatic carbocycles. The van der Waals surface area contributed by atoms with E-state index in [1.54, 1.807) is 25.1 Å². The SMILES string of the molecule is COc1ccccc1C(C)N(C)C(=O)c1ccc2ccccc2n1. The monoisotopic (exact) mass is 320 g/mol. The number of rotatable bonds is 4. The van der Waals surface area contributed by atoms with E-state index in [9.17, 15) is 4.79 Å². The highest BCUT2D eigenvalue weighted by Crippen LogP contribution is 2.28. The Morgan fingerprint density at radius 2 is 1.75 bits per heavy atom. The summed E-state index contributed by atoms with van der Waals surface area (Å²) in [4.78, 5) is 19.0. The van der Waals surface area contributed by atoms with Crippen molar-refractivity contribution in [3.8, 4) is 5.75 Å². The standard InChI is InChI=1S/C20H20N2O2/c1-14(16-9-5-7-11-19(16)24-3)22(2)20(23)18-13-12-15-8-4-6-10-17(15)21-18/h4-14H,1-3H3. The normalized spacial score (nSPS) is 12.0. The van der Waals surface area contributed by atoms with Crippen LogP contribution < -0.4 is 4.74 Å². The number of nitrogens with zero attached hydrogens (tertiary/aromatic N) is 2. The maximum atomic E-state index is 12.8. The molecular formula is C20H20N2O2. The van der Waals surface area contributed by atoms with Crippen LogP contribution in [0, 0.1) is 0 Å². The molecule has 24 heavy (non-hydrogen) atoms. The van der Waals surface area contributed by atoms with E-state index in [2.05, 4.69) is 4.98 Å². The lowest BCUT2D eigenvalue weighted by Gasteiger charge is -2.26. The zero-order chi connectivity index (χ0) is 17.1. The summed E-state index contributed by atoms with van der Waals surface area (Å²) in [6.45, 7) is 1.98. The van der Waals surface area contributed by atoms with Crippen LogP contribution in [0.5, 0.6) is 5.75 Å². The minimum Gasteiger partial charge on any atom is -0.496 e. The van der Waals surface area contributed by atoms with Gasteiger partial charge in [0.05, 0.1) is 18.7 Å². The van der Waals surface area contributed by atoms with Crippen molar-refractivity contribution in [1.82, 2.24) is 9.88 Å². The Labute approximate surface area is 141 Å². The van der Waals surface area contributed by atoms with E-state index in [4.69, 9.17) is 4.74 Å². The lowest BCUT2D eigenvalue weighted by molar-refractivity contribution is 0.0735. The molecular weight excluding hydrogens is 300 g/mol. The van der Waals surface area contributed by atoms with E-state index in [1.165, 1.54) is 0 Å². The van der Waals surface area contributed by atoms with Gasteiger partial charge in [-0.05, 0) is 25.1 Å². The molecule has 1 unspecified atom stereocenters. The van der Waals surface area contributed by atoms with E-state index in [-0.39, 0.29) is 11.9 Å². The molecule has 0 spiro atoms. The number of fused-ring (bicyclic) bond motifs is 1. The van der Waals surface area contributed by atoms with Crippen LogP contribution in [0.4, 0.5) is 0 Å². The maximum Gasteiger partial charge on any atom is 0.272 e. The predicted octanol–water partition coefficient (Wildman–Crippen LogP) is 4.08. The first-order valence-electron chi connectivity index (χ1n) is 7.87. The number of para-hydroxylation sites is 2. The Bertz CT molecular complexity index is 876. The van der Waals surface area contributed by atoms with Gasteiger partial charge in [0.1, 0.15) is 11.4 Å². The number of benzene rings is 2. The molecule has 1 heterocycles. The first-order valence-corrected chi connectivity index (χ1v) is 7.87. The fraction of sp³-hybridized carbons (Fsp3) is 0.200. The van der Waals surface area contributed by atoms with Gasteiger partial charge in [-0.1, -0.05) is 42.5 Å². The van der Waals surface area contributed by atoms with Gasteiger partial charge in [-0.25, -0.2) is 4.98 Å². The van der Waals surface area contributed by atoms with Gasteiger partial charge in [0, 0.05) is 18.0 Å². The zero-order valence-electron chi connectivity index (χ0n) is 14.1. The molecule has 0 saturated heterocycles.